The van der Waals surface area contributed by atoms with Crippen LogP contribution >= 0.6 is 11.3 Å². The maximum absolute atomic E-state index is 5.78. The first-order valence-corrected chi connectivity index (χ1v) is 6.30. The minimum atomic E-state index is 0.0746. The van der Waals surface area contributed by atoms with Gasteiger partial charge < -0.3 is 4.74 Å². The van der Waals surface area contributed by atoms with Gasteiger partial charge in [-0.25, -0.2) is 4.98 Å². The van der Waals surface area contributed by atoms with E-state index in [1.807, 2.05) is 24.3 Å². The fourth-order valence-electron chi connectivity index (χ4n) is 1.54. The van der Waals surface area contributed by atoms with Gasteiger partial charge in [-0.2, -0.15) is 0 Å². The molecule has 2 aromatic rings. The number of aromatic nitrogens is 1. The SMILES string of the molecule is C=CC(CCC)Oc1nc2ccccc2s1. The van der Waals surface area contributed by atoms with Crippen LogP contribution in [-0.2, 0) is 0 Å². The van der Waals surface area contributed by atoms with Crippen molar-refractivity contribution in [3.8, 4) is 5.19 Å². The van der Waals surface area contributed by atoms with Crippen LogP contribution in [0.4, 0.5) is 0 Å². The van der Waals surface area contributed by atoms with Gasteiger partial charge in [-0.3, -0.25) is 0 Å². The lowest BCUT2D eigenvalue weighted by atomic mass is 10.2. The van der Waals surface area contributed by atoms with Crippen molar-refractivity contribution in [3.63, 3.8) is 0 Å². The molecule has 0 fully saturated rings. The molecule has 1 aromatic heterocycles. The molecule has 3 heteroatoms. The number of thiazole rings is 1. The first kappa shape index (κ1) is 11.1. The van der Waals surface area contributed by atoms with E-state index >= 15 is 0 Å². The van der Waals surface area contributed by atoms with E-state index in [4.69, 9.17) is 4.74 Å². The van der Waals surface area contributed by atoms with Crippen molar-refractivity contribution in [2.75, 3.05) is 0 Å². The van der Waals surface area contributed by atoms with Crippen LogP contribution in [0.15, 0.2) is 36.9 Å². The molecule has 0 aliphatic carbocycles. The highest BCUT2D eigenvalue weighted by Gasteiger charge is 2.09. The second-order valence-electron chi connectivity index (χ2n) is 3.63. The van der Waals surface area contributed by atoms with Crippen LogP contribution in [0, 0.1) is 0 Å². The Morgan fingerprint density at radius 3 is 3.00 bits per heavy atom. The molecule has 1 unspecified atom stereocenters. The zero-order valence-corrected chi connectivity index (χ0v) is 10.2. The number of rotatable bonds is 5. The second kappa shape index (κ2) is 5.12. The molecular formula is C13H15NOS. The predicted octanol–water partition coefficient (Wildman–Crippen LogP) is 4.03. The van der Waals surface area contributed by atoms with Crippen molar-refractivity contribution in [2.45, 2.75) is 25.9 Å². The predicted molar refractivity (Wildman–Crippen MR) is 69.1 cm³/mol. The average molecular weight is 233 g/mol. The average Bonchev–Trinajstić information content (AvgIpc) is 2.70. The first-order chi connectivity index (χ1) is 7.83. The standard InChI is InChI=1S/C13H15NOS/c1-3-7-10(4-2)15-13-14-11-8-5-6-9-12(11)16-13/h4-6,8-10H,2-3,7H2,1H3. The molecule has 0 saturated carbocycles. The van der Waals surface area contributed by atoms with E-state index in [1.165, 1.54) is 0 Å². The van der Waals surface area contributed by atoms with Gasteiger partial charge in [-0.05, 0) is 18.6 Å². The highest BCUT2D eigenvalue weighted by Crippen LogP contribution is 2.28. The van der Waals surface area contributed by atoms with E-state index in [0.717, 1.165) is 28.3 Å². The molecule has 0 saturated heterocycles. The molecule has 0 bridgehead atoms. The summed E-state index contributed by atoms with van der Waals surface area (Å²) in [7, 11) is 0. The zero-order chi connectivity index (χ0) is 11.4. The van der Waals surface area contributed by atoms with Gasteiger partial charge in [-0.15, -0.1) is 0 Å². The van der Waals surface area contributed by atoms with E-state index in [9.17, 15) is 0 Å². The highest BCUT2D eigenvalue weighted by molar-refractivity contribution is 7.20. The number of para-hydroxylation sites is 1. The topological polar surface area (TPSA) is 22.1 Å². The number of hydrogen-bond acceptors (Lipinski definition) is 3. The lowest BCUT2D eigenvalue weighted by Gasteiger charge is -2.10. The number of fused-ring (bicyclic) bond motifs is 1. The Morgan fingerprint density at radius 1 is 1.50 bits per heavy atom. The van der Waals surface area contributed by atoms with E-state index in [2.05, 4.69) is 24.6 Å². The second-order valence-corrected chi connectivity index (χ2v) is 4.62. The first-order valence-electron chi connectivity index (χ1n) is 5.48. The molecule has 0 spiro atoms. The smallest absolute Gasteiger partial charge is 0.274 e. The number of nitrogens with zero attached hydrogens (tertiary/aromatic N) is 1. The number of benzene rings is 1. The molecule has 0 amide bonds. The summed E-state index contributed by atoms with van der Waals surface area (Å²) in [5.41, 5.74) is 1.00. The van der Waals surface area contributed by atoms with E-state index < -0.39 is 0 Å². The molecule has 1 atom stereocenters. The highest BCUT2D eigenvalue weighted by atomic mass is 32.1. The van der Waals surface area contributed by atoms with Crippen LogP contribution in [0.25, 0.3) is 10.2 Å². The summed E-state index contributed by atoms with van der Waals surface area (Å²) >= 11 is 1.59. The van der Waals surface area contributed by atoms with Crippen molar-refractivity contribution in [2.24, 2.45) is 0 Å². The molecule has 1 aromatic carbocycles. The summed E-state index contributed by atoms with van der Waals surface area (Å²) < 4.78 is 6.94. The summed E-state index contributed by atoms with van der Waals surface area (Å²) in [6.45, 7) is 5.92. The van der Waals surface area contributed by atoms with Gasteiger partial charge in [0, 0.05) is 0 Å². The fourth-order valence-corrected chi connectivity index (χ4v) is 2.41. The Hall–Kier alpha value is -1.35. The molecule has 0 radical (unpaired) electrons. The summed E-state index contributed by atoms with van der Waals surface area (Å²) in [5.74, 6) is 0. The van der Waals surface area contributed by atoms with Crippen LogP contribution in [0.2, 0.25) is 0 Å². The van der Waals surface area contributed by atoms with Gasteiger partial charge in [0.25, 0.3) is 5.19 Å². The van der Waals surface area contributed by atoms with Crippen LogP contribution in [0.3, 0.4) is 0 Å². The van der Waals surface area contributed by atoms with Gasteiger partial charge in [0.15, 0.2) is 0 Å². The van der Waals surface area contributed by atoms with Crippen molar-refractivity contribution < 1.29 is 4.74 Å². The van der Waals surface area contributed by atoms with Crippen molar-refractivity contribution in [1.82, 2.24) is 4.98 Å². The largest absolute Gasteiger partial charge is 0.462 e. The summed E-state index contributed by atoms with van der Waals surface area (Å²) in [4.78, 5) is 4.43. The Kier molecular flexibility index (Phi) is 3.57. The third-order valence-electron chi connectivity index (χ3n) is 2.36. The molecular weight excluding hydrogens is 218 g/mol. The lowest BCUT2D eigenvalue weighted by molar-refractivity contribution is 0.237. The maximum Gasteiger partial charge on any atom is 0.274 e. The van der Waals surface area contributed by atoms with Crippen LogP contribution in [-0.4, -0.2) is 11.1 Å². The Balaban J connectivity index is 2.17. The number of hydrogen-bond donors (Lipinski definition) is 0. The fraction of sp³-hybridized carbons (Fsp3) is 0.308. The molecule has 2 nitrogen and oxygen atoms in total. The van der Waals surface area contributed by atoms with E-state index in [1.54, 1.807) is 11.3 Å². The monoisotopic (exact) mass is 233 g/mol. The van der Waals surface area contributed by atoms with E-state index in [0.29, 0.717) is 0 Å². The maximum atomic E-state index is 5.78. The summed E-state index contributed by atoms with van der Waals surface area (Å²) in [6.07, 6.45) is 3.99. The van der Waals surface area contributed by atoms with Crippen molar-refractivity contribution in [3.05, 3.63) is 36.9 Å². The van der Waals surface area contributed by atoms with Crippen molar-refractivity contribution >= 4 is 21.6 Å². The van der Waals surface area contributed by atoms with Gasteiger partial charge in [-0.1, -0.05) is 49.5 Å². The Bertz CT molecular complexity index is 444. The molecule has 1 heterocycles. The van der Waals surface area contributed by atoms with Crippen LogP contribution < -0.4 is 4.74 Å². The molecule has 2 rings (SSSR count). The number of ether oxygens (including phenoxy) is 1. The van der Waals surface area contributed by atoms with Gasteiger partial charge in [0.05, 0.1) is 10.2 Å². The van der Waals surface area contributed by atoms with Crippen LogP contribution in [0.5, 0.6) is 5.19 Å². The molecule has 0 N–H and O–H groups in total. The Morgan fingerprint density at radius 2 is 2.31 bits per heavy atom. The third kappa shape index (κ3) is 2.42. The molecule has 84 valence electrons. The van der Waals surface area contributed by atoms with Gasteiger partial charge in [0.1, 0.15) is 6.10 Å². The molecule has 0 aliphatic rings. The molecule has 0 aliphatic heterocycles. The summed E-state index contributed by atoms with van der Waals surface area (Å²) in [6, 6.07) is 8.06. The van der Waals surface area contributed by atoms with Gasteiger partial charge >= 0.3 is 0 Å². The summed E-state index contributed by atoms with van der Waals surface area (Å²) in [5, 5.41) is 0.736. The Labute approximate surface area is 99.6 Å². The van der Waals surface area contributed by atoms with Gasteiger partial charge in [0.2, 0.25) is 0 Å². The third-order valence-corrected chi connectivity index (χ3v) is 3.29. The zero-order valence-electron chi connectivity index (χ0n) is 9.35. The van der Waals surface area contributed by atoms with Crippen molar-refractivity contribution in [1.29, 1.82) is 0 Å². The minimum absolute atomic E-state index is 0.0746. The quantitative estimate of drug-likeness (QED) is 0.727. The lowest BCUT2D eigenvalue weighted by Crippen LogP contribution is -2.12. The molecule has 16 heavy (non-hydrogen) atoms. The minimum Gasteiger partial charge on any atom is -0.462 e. The normalized spacial score (nSPS) is 12.6. The van der Waals surface area contributed by atoms with E-state index in [-0.39, 0.29) is 6.10 Å². The van der Waals surface area contributed by atoms with Crippen LogP contribution in [0.1, 0.15) is 19.8 Å².